The molecule has 1 N–H and O–H groups in total. The summed E-state index contributed by atoms with van der Waals surface area (Å²) in [7, 11) is 1.98. The van der Waals surface area contributed by atoms with E-state index in [1.165, 1.54) is 5.56 Å². The largest absolute Gasteiger partial charge is 0.356 e. The van der Waals surface area contributed by atoms with Gasteiger partial charge in [-0.3, -0.25) is 0 Å². The van der Waals surface area contributed by atoms with Gasteiger partial charge in [-0.1, -0.05) is 27.7 Å². The number of hydrogen-bond acceptors (Lipinski definition) is 3. The Hall–Kier alpha value is -1.09. The Balaban J connectivity index is 2.99. The van der Waals surface area contributed by atoms with Gasteiger partial charge in [-0.25, -0.2) is 4.98 Å². The van der Waals surface area contributed by atoms with Crippen LogP contribution in [0, 0.1) is 18.8 Å². The molecule has 0 aliphatic rings. The molecule has 1 aromatic rings. The highest BCUT2D eigenvalue weighted by Crippen LogP contribution is 2.18. The first-order valence-electron chi connectivity index (χ1n) is 7.29. The van der Waals surface area contributed by atoms with E-state index >= 15 is 0 Å². The number of aromatic nitrogens is 1. The fourth-order valence-electron chi connectivity index (χ4n) is 2.33. The second-order valence-electron chi connectivity index (χ2n) is 6.20. The molecule has 0 saturated heterocycles. The highest BCUT2D eigenvalue weighted by Gasteiger charge is 2.13. The van der Waals surface area contributed by atoms with Gasteiger partial charge in [-0.2, -0.15) is 0 Å². The summed E-state index contributed by atoms with van der Waals surface area (Å²) in [6.45, 7) is 14.1. The third-order valence-electron chi connectivity index (χ3n) is 2.88. The van der Waals surface area contributed by atoms with Crippen molar-refractivity contribution in [3.63, 3.8) is 0 Å². The molecule has 1 rings (SSSR count). The van der Waals surface area contributed by atoms with Crippen LogP contribution in [-0.4, -0.2) is 25.1 Å². The summed E-state index contributed by atoms with van der Waals surface area (Å²) in [5.74, 6) is 2.41. The lowest BCUT2D eigenvalue weighted by Crippen LogP contribution is -2.32. The lowest BCUT2D eigenvalue weighted by Gasteiger charge is -2.28. The highest BCUT2D eigenvalue weighted by atomic mass is 15.2. The van der Waals surface area contributed by atoms with Gasteiger partial charge in [-0.05, 0) is 43.5 Å². The normalized spacial score (nSPS) is 11.4. The highest BCUT2D eigenvalue weighted by molar-refractivity contribution is 5.42. The van der Waals surface area contributed by atoms with Crippen molar-refractivity contribution in [2.45, 2.75) is 41.2 Å². The van der Waals surface area contributed by atoms with Crippen molar-refractivity contribution < 1.29 is 0 Å². The van der Waals surface area contributed by atoms with Crippen LogP contribution in [0.4, 0.5) is 5.82 Å². The minimum atomic E-state index is 0.647. The number of anilines is 1. The Bertz CT molecular complexity index is 376. The molecule has 0 spiro atoms. The van der Waals surface area contributed by atoms with Gasteiger partial charge in [0.2, 0.25) is 0 Å². The molecule has 0 radical (unpaired) electrons. The van der Waals surface area contributed by atoms with Gasteiger partial charge in [0.05, 0.1) is 0 Å². The van der Waals surface area contributed by atoms with Crippen molar-refractivity contribution in [3.8, 4) is 0 Å². The average molecular weight is 263 g/mol. The van der Waals surface area contributed by atoms with Gasteiger partial charge < -0.3 is 10.2 Å². The SMILES string of the molecule is CNCc1cc(C)nc(N(CC(C)C)CC(C)C)c1. The van der Waals surface area contributed by atoms with Gasteiger partial charge in [0.1, 0.15) is 5.82 Å². The summed E-state index contributed by atoms with van der Waals surface area (Å²) < 4.78 is 0. The first-order chi connectivity index (χ1) is 8.92. The molecule has 0 unspecified atom stereocenters. The molecule has 1 heterocycles. The third-order valence-corrected chi connectivity index (χ3v) is 2.88. The van der Waals surface area contributed by atoms with E-state index in [1.54, 1.807) is 0 Å². The van der Waals surface area contributed by atoms with Gasteiger partial charge >= 0.3 is 0 Å². The van der Waals surface area contributed by atoms with E-state index in [0.717, 1.165) is 31.1 Å². The molecule has 0 aliphatic carbocycles. The first-order valence-corrected chi connectivity index (χ1v) is 7.29. The fraction of sp³-hybridized carbons (Fsp3) is 0.688. The van der Waals surface area contributed by atoms with Crippen molar-refractivity contribution in [3.05, 3.63) is 23.4 Å². The molecule has 0 saturated carbocycles. The van der Waals surface area contributed by atoms with Crippen LogP contribution in [0.25, 0.3) is 0 Å². The Morgan fingerprint density at radius 1 is 1.11 bits per heavy atom. The van der Waals surface area contributed by atoms with E-state index in [2.05, 4.69) is 57.0 Å². The van der Waals surface area contributed by atoms with E-state index in [1.807, 2.05) is 7.05 Å². The molecule has 0 amide bonds. The maximum Gasteiger partial charge on any atom is 0.129 e. The number of rotatable bonds is 7. The minimum Gasteiger partial charge on any atom is -0.356 e. The lowest BCUT2D eigenvalue weighted by molar-refractivity contribution is 0.548. The van der Waals surface area contributed by atoms with Crippen LogP contribution in [0.3, 0.4) is 0 Å². The Kier molecular flexibility index (Phi) is 6.29. The molecule has 0 aliphatic heterocycles. The van der Waals surface area contributed by atoms with E-state index in [9.17, 15) is 0 Å². The first kappa shape index (κ1) is 16.0. The standard InChI is InChI=1S/C16H29N3/c1-12(2)10-19(11-13(3)4)16-8-15(9-17-6)7-14(5)18-16/h7-8,12-13,17H,9-11H2,1-6H3. The number of nitrogens with one attached hydrogen (secondary N) is 1. The van der Waals surface area contributed by atoms with Gasteiger partial charge in [-0.15, -0.1) is 0 Å². The molecular weight excluding hydrogens is 234 g/mol. The zero-order chi connectivity index (χ0) is 14.4. The monoisotopic (exact) mass is 263 g/mol. The van der Waals surface area contributed by atoms with Crippen LogP contribution < -0.4 is 10.2 Å². The summed E-state index contributed by atoms with van der Waals surface area (Å²) in [4.78, 5) is 7.14. The second-order valence-corrected chi connectivity index (χ2v) is 6.20. The van der Waals surface area contributed by atoms with E-state index in [4.69, 9.17) is 4.98 Å². The molecule has 108 valence electrons. The summed E-state index contributed by atoms with van der Waals surface area (Å²) >= 11 is 0. The molecule has 0 bridgehead atoms. The molecule has 0 atom stereocenters. The smallest absolute Gasteiger partial charge is 0.129 e. The van der Waals surface area contributed by atoms with Crippen molar-refractivity contribution in [2.75, 3.05) is 25.0 Å². The van der Waals surface area contributed by atoms with E-state index < -0.39 is 0 Å². The van der Waals surface area contributed by atoms with Crippen LogP contribution >= 0.6 is 0 Å². The van der Waals surface area contributed by atoms with Gasteiger partial charge in [0.25, 0.3) is 0 Å². The zero-order valence-electron chi connectivity index (χ0n) is 13.3. The second kappa shape index (κ2) is 7.49. The Morgan fingerprint density at radius 2 is 1.68 bits per heavy atom. The van der Waals surface area contributed by atoms with Crippen molar-refractivity contribution >= 4 is 5.82 Å². The summed E-state index contributed by atoms with van der Waals surface area (Å²) in [5.41, 5.74) is 2.41. The Labute approximate surface area is 118 Å². The maximum absolute atomic E-state index is 4.72. The number of aryl methyl sites for hydroxylation is 1. The van der Waals surface area contributed by atoms with Crippen molar-refractivity contribution in [1.29, 1.82) is 0 Å². The van der Waals surface area contributed by atoms with Gasteiger partial charge in [0.15, 0.2) is 0 Å². The lowest BCUT2D eigenvalue weighted by atomic mass is 10.1. The molecule has 3 nitrogen and oxygen atoms in total. The summed E-state index contributed by atoms with van der Waals surface area (Å²) in [6.07, 6.45) is 0. The zero-order valence-corrected chi connectivity index (χ0v) is 13.3. The number of nitrogens with zero attached hydrogens (tertiary/aromatic N) is 2. The van der Waals surface area contributed by atoms with Crippen LogP contribution in [-0.2, 0) is 6.54 Å². The number of pyridine rings is 1. The minimum absolute atomic E-state index is 0.647. The molecular formula is C16H29N3. The van der Waals surface area contributed by atoms with Crippen LogP contribution in [0.1, 0.15) is 39.0 Å². The van der Waals surface area contributed by atoms with Crippen LogP contribution in [0.5, 0.6) is 0 Å². The predicted molar refractivity (Wildman–Crippen MR) is 83.6 cm³/mol. The predicted octanol–water partition coefficient (Wildman–Crippen LogP) is 3.23. The third kappa shape index (κ3) is 5.60. The Morgan fingerprint density at radius 3 is 2.16 bits per heavy atom. The van der Waals surface area contributed by atoms with Crippen molar-refractivity contribution in [1.82, 2.24) is 10.3 Å². The van der Waals surface area contributed by atoms with E-state index in [-0.39, 0.29) is 0 Å². The topological polar surface area (TPSA) is 28.2 Å². The number of hydrogen-bond donors (Lipinski definition) is 1. The fourth-order valence-corrected chi connectivity index (χ4v) is 2.33. The molecule has 0 aromatic carbocycles. The summed E-state index contributed by atoms with van der Waals surface area (Å²) in [5, 5.41) is 3.21. The van der Waals surface area contributed by atoms with Crippen LogP contribution in [0.15, 0.2) is 12.1 Å². The molecule has 3 heteroatoms. The van der Waals surface area contributed by atoms with Crippen molar-refractivity contribution in [2.24, 2.45) is 11.8 Å². The summed E-state index contributed by atoms with van der Waals surface area (Å²) in [6, 6.07) is 4.37. The molecule has 1 aromatic heterocycles. The quantitative estimate of drug-likeness (QED) is 0.818. The molecule has 0 fully saturated rings. The maximum atomic E-state index is 4.72. The van der Waals surface area contributed by atoms with Crippen LogP contribution in [0.2, 0.25) is 0 Å². The molecule has 19 heavy (non-hydrogen) atoms. The van der Waals surface area contributed by atoms with E-state index in [0.29, 0.717) is 11.8 Å². The van der Waals surface area contributed by atoms with Gasteiger partial charge in [0, 0.05) is 25.3 Å². The average Bonchev–Trinajstić information content (AvgIpc) is 2.26.